The number of aromatic nitrogens is 1. The summed E-state index contributed by atoms with van der Waals surface area (Å²) < 4.78 is 12.9. The smallest absolute Gasteiger partial charge is 0.263 e. The Morgan fingerprint density at radius 2 is 2.05 bits per heavy atom. The van der Waals surface area contributed by atoms with Crippen molar-refractivity contribution in [2.45, 2.75) is 13.3 Å². The third kappa shape index (κ3) is 4.11. The molecule has 7 heteroatoms. The van der Waals surface area contributed by atoms with E-state index in [2.05, 4.69) is 10.3 Å². The number of amides is 2. The van der Waals surface area contributed by atoms with Gasteiger partial charge in [0.05, 0.1) is 17.1 Å². The molecule has 0 saturated heterocycles. The Morgan fingerprint density at radius 3 is 2.59 bits per heavy atom. The van der Waals surface area contributed by atoms with E-state index in [9.17, 15) is 14.0 Å². The van der Waals surface area contributed by atoms with Crippen molar-refractivity contribution in [2.24, 2.45) is 11.7 Å². The molecule has 116 valence electrons. The zero-order valence-electron chi connectivity index (χ0n) is 12.0. The quantitative estimate of drug-likeness (QED) is 0.848. The van der Waals surface area contributed by atoms with Crippen LogP contribution in [0.15, 0.2) is 29.8 Å². The maximum atomic E-state index is 12.9. The molecule has 2 amide bonds. The van der Waals surface area contributed by atoms with E-state index >= 15 is 0 Å². The second-order valence-electron chi connectivity index (χ2n) is 4.91. The topological polar surface area (TPSA) is 85.1 Å². The predicted octanol–water partition coefficient (Wildman–Crippen LogP) is 1.66. The lowest BCUT2D eigenvalue weighted by molar-refractivity contribution is -0.121. The number of nitrogens with zero attached hydrogens (tertiary/aromatic N) is 1. The first-order valence-corrected chi connectivity index (χ1v) is 7.57. The van der Waals surface area contributed by atoms with Crippen molar-refractivity contribution in [3.05, 3.63) is 51.7 Å². The van der Waals surface area contributed by atoms with Crippen LogP contribution in [0.2, 0.25) is 0 Å². The maximum absolute atomic E-state index is 12.9. The molecule has 0 radical (unpaired) electrons. The summed E-state index contributed by atoms with van der Waals surface area (Å²) in [6.07, 6.45) is 0.345. The van der Waals surface area contributed by atoms with Crippen molar-refractivity contribution in [1.82, 2.24) is 10.3 Å². The highest BCUT2D eigenvalue weighted by atomic mass is 32.1. The highest BCUT2D eigenvalue weighted by Gasteiger charge is 2.19. The van der Waals surface area contributed by atoms with Crippen LogP contribution < -0.4 is 11.1 Å². The van der Waals surface area contributed by atoms with E-state index in [4.69, 9.17) is 5.73 Å². The fourth-order valence-corrected chi connectivity index (χ4v) is 2.71. The predicted molar refractivity (Wildman–Crippen MR) is 82.0 cm³/mol. The van der Waals surface area contributed by atoms with Crippen molar-refractivity contribution < 1.29 is 14.0 Å². The molecular weight excluding hydrogens is 305 g/mol. The first kappa shape index (κ1) is 16.1. The second kappa shape index (κ2) is 7.13. The Labute approximate surface area is 131 Å². The van der Waals surface area contributed by atoms with Crippen molar-refractivity contribution in [3.8, 4) is 0 Å². The van der Waals surface area contributed by atoms with Gasteiger partial charge in [0, 0.05) is 6.54 Å². The van der Waals surface area contributed by atoms with Crippen molar-refractivity contribution >= 4 is 23.2 Å². The summed E-state index contributed by atoms with van der Waals surface area (Å²) in [5.74, 6) is -1.67. The summed E-state index contributed by atoms with van der Waals surface area (Å²) >= 11 is 1.24. The maximum Gasteiger partial charge on any atom is 0.263 e. The van der Waals surface area contributed by atoms with Crippen molar-refractivity contribution in [3.63, 3.8) is 0 Å². The van der Waals surface area contributed by atoms with E-state index in [0.717, 1.165) is 5.56 Å². The summed E-state index contributed by atoms with van der Waals surface area (Å²) in [5, 5.41) is 2.70. The van der Waals surface area contributed by atoms with Gasteiger partial charge < -0.3 is 11.1 Å². The Bertz CT molecular complexity index is 670. The van der Waals surface area contributed by atoms with E-state index in [-0.39, 0.29) is 18.3 Å². The molecule has 0 saturated carbocycles. The highest BCUT2D eigenvalue weighted by molar-refractivity contribution is 7.11. The number of thiazole rings is 1. The number of hydrogen-bond acceptors (Lipinski definition) is 4. The Balaban J connectivity index is 1.97. The Kier molecular flexibility index (Phi) is 5.21. The van der Waals surface area contributed by atoms with Gasteiger partial charge in [0.15, 0.2) is 0 Å². The molecule has 1 aromatic carbocycles. The summed E-state index contributed by atoms with van der Waals surface area (Å²) in [5.41, 5.74) is 8.40. The van der Waals surface area contributed by atoms with Gasteiger partial charge in [-0.25, -0.2) is 9.37 Å². The number of hydrogen-bond donors (Lipinski definition) is 2. The van der Waals surface area contributed by atoms with Gasteiger partial charge in [-0.1, -0.05) is 12.1 Å². The van der Waals surface area contributed by atoms with Crippen LogP contribution in [0, 0.1) is 18.7 Å². The third-order valence-electron chi connectivity index (χ3n) is 3.26. The molecule has 1 heterocycles. The molecule has 0 aliphatic heterocycles. The van der Waals surface area contributed by atoms with Gasteiger partial charge in [-0.2, -0.15) is 0 Å². The van der Waals surface area contributed by atoms with Crippen LogP contribution in [0.5, 0.6) is 0 Å². The lowest BCUT2D eigenvalue weighted by Crippen LogP contribution is -2.37. The van der Waals surface area contributed by atoms with E-state index in [1.807, 2.05) is 0 Å². The first-order valence-electron chi connectivity index (χ1n) is 6.69. The van der Waals surface area contributed by atoms with Gasteiger partial charge in [0.2, 0.25) is 5.91 Å². The minimum atomic E-state index is -0.553. The van der Waals surface area contributed by atoms with Crippen LogP contribution in [-0.2, 0) is 11.2 Å². The van der Waals surface area contributed by atoms with Gasteiger partial charge in [0.1, 0.15) is 10.7 Å². The molecule has 22 heavy (non-hydrogen) atoms. The number of nitrogens with two attached hydrogens (primary N) is 1. The normalized spacial score (nSPS) is 11.9. The standard InChI is InChI=1S/C15H16FN3O2S/c1-9-13(22-8-19-9)15(21)18-7-11(14(17)20)6-10-2-4-12(16)5-3-10/h2-5,8,11H,6-7H2,1H3,(H2,17,20)(H,18,21). The zero-order valence-corrected chi connectivity index (χ0v) is 12.8. The third-order valence-corrected chi connectivity index (χ3v) is 4.19. The highest BCUT2D eigenvalue weighted by Crippen LogP contribution is 2.13. The summed E-state index contributed by atoms with van der Waals surface area (Å²) in [7, 11) is 0. The van der Waals surface area contributed by atoms with E-state index in [1.54, 1.807) is 24.6 Å². The van der Waals surface area contributed by atoms with Crippen LogP contribution in [0.25, 0.3) is 0 Å². The lowest BCUT2D eigenvalue weighted by atomic mass is 9.98. The number of benzene rings is 1. The summed E-state index contributed by atoms with van der Waals surface area (Å²) in [6.45, 7) is 1.87. The molecule has 2 rings (SSSR count). The zero-order chi connectivity index (χ0) is 16.1. The van der Waals surface area contributed by atoms with Crippen molar-refractivity contribution in [2.75, 3.05) is 6.54 Å². The number of nitrogens with one attached hydrogen (secondary N) is 1. The minimum Gasteiger partial charge on any atom is -0.369 e. The van der Waals surface area contributed by atoms with Crippen LogP contribution in [-0.4, -0.2) is 23.3 Å². The minimum absolute atomic E-state index is 0.128. The molecule has 3 N–H and O–H groups in total. The molecular formula is C15H16FN3O2S. The molecule has 5 nitrogen and oxygen atoms in total. The lowest BCUT2D eigenvalue weighted by Gasteiger charge is -2.14. The average molecular weight is 321 g/mol. The van der Waals surface area contributed by atoms with Gasteiger partial charge in [-0.15, -0.1) is 11.3 Å². The van der Waals surface area contributed by atoms with Crippen LogP contribution in [0.1, 0.15) is 20.9 Å². The molecule has 1 aromatic heterocycles. The second-order valence-corrected chi connectivity index (χ2v) is 5.76. The van der Waals surface area contributed by atoms with E-state index in [0.29, 0.717) is 17.0 Å². The van der Waals surface area contributed by atoms with Crippen LogP contribution in [0.3, 0.4) is 0 Å². The SMILES string of the molecule is Cc1ncsc1C(=O)NCC(Cc1ccc(F)cc1)C(N)=O. The monoisotopic (exact) mass is 321 g/mol. The fraction of sp³-hybridized carbons (Fsp3) is 0.267. The van der Waals surface area contributed by atoms with Gasteiger partial charge in [0.25, 0.3) is 5.91 Å². The Morgan fingerprint density at radius 1 is 1.36 bits per heavy atom. The number of aryl methyl sites for hydroxylation is 1. The number of rotatable bonds is 6. The number of primary amides is 1. The van der Waals surface area contributed by atoms with Gasteiger partial charge in [-0.3, -0.25) is 9.59 Å². The molecule has 0 spiro atoms. The number of halogens is 1. The molecule has 0 aliphatic rings. The van der Waals surface area contributed by atoms with Gasteiger partial charge >= 0.3 is 0 Å². The van der Waals surface area contributed by atoms with Crippen LogP contribution in [0.4, 0.5) is 4.39 Å². The fourth-order valence-electron chi connectivity index (χ4n) is 1.99. The number of carbonyl (C=O) groups excluding carboxylic acids is 2. The number of carbonyl (C=O) groups is 2. The van der Waals surface area contributed by atoms with E-state index < -0.39 is 11.8 Å². The molecule has 0 bridgehead atoms. The largest absolute Gasteiger partial charge is 0.369 e. The van der Waals surface area contributed by atoms with Crippen molar-refractivity contribution in [1.29, 1.82) is 0 Å². The molecule has 2 aromatic rings. The Hall–Kier alpha value is -2.28. The van der Waals surface area contributed by atoms with E-state index in [1.165, 1.54) is 23.5 Å². The average Bonchev–Trinajstić information content (AvgIpc) is 2.91. The molecule has 1 unspecified atom stereocenters. The first-order chi connectivity index (χ1) is 10.5. The van der Waals surface area contributed by atoms with Crippen LogP contribution >= 0.6 is 11.3 Å². The molecule has 1 atom stereocenters. The van der Waals surface area contributed by atoms with Gasteiger partial charge in [-0.05, 0) is 31.0 Å². The molecule has 0 fully saturated rings. The molecule has 0 aliphatic carbocycles. The summed E-state index contributed by atoms with van der Waals surface area (Å²) in [6, 6.07) is 5.85. The summed E-state index contributed by atoms with van der Waals surface area (Å²) in [4.78, 5) is 28.1.